The Labute approximate surface area is 191 Å². The summed E-state index contributed by atoms with van der Waals surface area (Å²) in [7, 11) is 0. The Morgan fingerprint density at radius 3 is 2.25 bits per heavy atom. The maximum atomic E-state index is 13.6. The van der Waals surface area contributed by atoms with Crippen LogP contribution in [0.15, 0.2) is 113 Å². The number of hydrogen-bond acceptors (Lipinski definition) is 2. The number of thioether (sulfide) groups is 1. The van der Waals surface area contributed by atoms with Crippen LogP contribution in [0.2, 0.25) is 0 Å². The normalized spacial score (nSPS) is 11.8. The molecule has 4 aromatic carbocycles. The predicted octanol–water partition coefficient (Wildman–Crippen LogP) is 8.29. The molecule has 0 amide bonds. The molecule has 162 valence electrons. The molecule has 0 aliphatic rings. The zero-order chi connectivity index (χ0) is 22.2. The lowest BCUT2D eigenvalue weighted by Gasteiger charge is -2.09. The van der Waals surface area contributed by atoms with Crippen molar-refractivity contribution in [2.24, 2.45) is 0 Å². The number of hydrogen-bond donors (Lipinski definition) is 0. The second-order valence-corrected chi connectivity index (χ2v) is 8.62. The Morgan fingerprint density at radius 2 is 1.50 bits per heavy atom. The van der Waals surface area contributed by atoms with Crippen LogP contribution in [0.5, 0.6) is 5.75 Å². The van der Waals surface area contributed by atoms with Crippen LogP contribution in [0, 0.1) is 0 Å². The lowest BCUT2D eigenvalue weighted by molar-refractivity contribution is 0.199. The van der Waals surface area contributed by atoms with E-state index in [9.17, 15) is 8.78 Å². The summed E-state index contributed by atoms with van der Waals surface area (Å²) in [6, 6.07) is 31.6. The Morgan fingerprint density at radius 1 is 0.781 bits per heavy atom. The molecule has 0 saturated carbocycles. The third-order valence-corrected chi connectivity index (χ3v) is 6.19. The van der Waals surface area contributed by atoms with Gasteiger partial charge < -0.3 is 4.74 Å². The zero-order valence-electron chi connectivity index (χ0n) is 17.6. The highest BCUT2D eigenvalue weighted by Crippen LogP contribution is 2.33. The van der Waals surface area contributed by atoms with Crippen molar-refractivity contribution in [1.82, 2.24) is 0 Å². The second kappa shape index (κ2) is 11.0. The summed E-state index contributed by atoms with van der Waals surface area (Å²) in [5.74, 6) is 0.799. The van der Waals surface area contributed by atoms with Crippen LogP contribution in [0.4, 0.5) is 8.78 Å². The van der Waals surface area contributed by atoms with Crippen molar-refractivity contribution >= 4 is 22.5 Å². The van der Waals surface area contributed by atoms with E-state index in [1.807, 2.05) is 97.1 Å². The third-order valence-electron chi connectivity index (χ3n) is 5.12. The predicted molar refractivity (Wildman–Crippen MR) is 129 cm³/mol. The molecule has 0 aliphatic heterocycles. The minimum atomic E-state index is -2.49. The van der Waals surface area contributed by atoms with E-state index in [0.29, 0.717) is 19.4 Å². The number of halogens is 2. The van der Waals surface area contributed by atoms with Gasteiger partial charge >= 0.3 is 0 Å². The molecule has 0 atom stereocenters. The monoisotopic (exact) mass is 446 g/mol. The summed E-state index contributed by atoms with van der Waals surface area (Å²) in [5.41, 5.74) is 2.21. The van der Waals surface area contributed by atoms with Crippen molar-refractivity contribution in [2.45, 2.75) is 30.8 Å². The standard InChI is InChI=1S/C28H24F2OS/c29-28(30)27(32-26-18-15-23-10-4-5-11-24(23)19-26)12-6-9-21-13-16-25(17-14-21)31-20-22-7-2-1-3-8-22/h1-5,7-8,10-19,28H,6,9,20H2/b27-12-. The molecule has 0 spiro atoms. The van der Waals surface area contributed by atoms with Gasteiger partial charge in [0.2, 0.25) is 0 Å². The number of benzene rings is 4. The second-order valence-electron chi connectivity index (χ2n) is 7.48. The minimum Gasteiger partial charge on any atom is -0.489 e. The molecule has 32 heavy (non-hydrogen) atoms. The van der Waals surface area contributed by atoms with E-state index >= 15 is 0 Å². The van der Waals surface area contributed by atoms with Gasteiger partial charge in [0.25, 0.3) is 6.43 Å². The molecule has 4 aromatic rings. The minimum absolute atomic E-state index is 0.100. The first-order valence-electron chi connectivity index (χ1n) is 10.6. The molecule has 0 aliphatic carbocycles. The van der Waals surface area contributed by atoms with Crippen LogP contribution in [0.25, 0.3) is 10.8 Å². The summed E-state index contributed by atoms with van der Waals surface area (Å²) in [6.07, 6.45) is 0.433. The van der Waals surface area contributed by atoms with Crippen molar-refractivity contribution in [1.29, 1.82) is 0 Å². The van der Waals surface area contributed by atoms with Crippen LogP contribution in [-0.4, -0.2) is 6.43 Å². The summed E-state index contributed by atoms with van der Waals surface area (Å²) in [5, 5.41) is 2.16. The molecule has 0 bridgehead atoms. The fourth-order valence-electron chi connectivity index (χ4n) is 3.42. The Bertz CT molecular complexity index is 1170. The Kier molecular flexibility index (Phi) is 7.57. The summed E-state index contributed by atoms with van der Waals surface area (Å²) < 4.78 is 33.0. The fourth-order valence-corrected chi connectivity index (χ4v) is 4.30. The number of aryl methyl sites for hydroxylation is 1. The van der Waals surface area contributed by atoms with E-state index in [0.717, 1.165) is 44.3 Å². The van der Waals surface area contributed by atoms with Crippen LogP contribution in [-0.2, 0) is 13.0 Å². The van der Waals surface area contributed by atoms with Gasteiger partial charge in [-0.1, -0.05) is 90.6 Å². The average molecular weight is 447 g/mol. The number of rotatable bonds is 9. The molecule has 0 fully saturated rings. The molecule has 0 aromatic heterocycles. The van der Waals surface area contributed by atoms with E-state index in [2.05, 4.69) is 0 Å². The van der Waals surface area contributed by atoms with Crippen molar-refractivity contribution < 1.29 is 13.5 Å². The number of allylic oxidation sites excluding steroid dienone is 2. The van der Waals surface area contributed by atoms with Crippen LogP contribution >= 0.6 is 11.8 Å². The summed E-state index contributed by atoms with van der Waals surface area (Å²) in [4.78, 5) is 0.929. The average Bonchev–Trinajstić information content (AvgIpc) is 2.83. The molecule has 0 unspecified atom stereocenters. The lowest BCUT2D eigenvalue weighted by atomic mass is 10.1. The van der Waals surface area contributed by atoms with Crippen molar-refractivity contribution in [2.75, 3.05) is 0 Å². The van der Waals surface area contributed by atoms with E-state index in [4.69, 9.17) is 4.74 Å². The Hall–Kier alpha value is -3.11. The molecule has 1 nitrogen and oxygen atoms in total. The number of ether oxygens (including phenoxy) is 1. The Balaban J connectivity index is 1.33. The first kappa shape index (κ1) is 22.1. The van der Waals surface area contributed by atoms with Crippen molar-refractivity contribution in [3.8, 4) is 5.75 Å². The SMILES string of the molecule is FC(F)/C(=C/CCc1ccc(OCc2ccccc2)cc1)Sc1ccc2ccccc2c1. The quantitative estimate of drug-likeness (QED) is 0.239. The van der Waals surface area contributed by atoms with Gasteiger partial charge in [0.1, 0.15) is 12.4 Å². The first-order valence-corrected chi connectivity index (χ1v) is 11.4. The molecule has 4 heteroatoms. The smallest absolute Gasteiger partial charge is 0.269 e. The van der Waals surface area contributed by atoms with E-state index < -0.39 is 6.43 Å². The highest BCUT2D eigenvalue weighted by Gasteiger charge is 2.13. The topological polar surface area (TPSA) is 9.23 Å². The third kappa shape index (κ3) is 6.21. The molecular formula is C28H24F2OS. The highest BCUT2D eigenvalue weighted by molar-refractivity contribution is 8.03. The van der Waals surface area contributed by atoms with Crippen LogP contribution in [0.1, 0.15) is 17.5 Å². The van der Waals surface area contributed by atoms with E-state index in [1.54, 1.807) is 6.08 Å². The first-order chi connectivity index (χ1) is 15.7. The van der Waals surface area contributed by atoms with Crippen molar-refractivity contribution in [3.63, 3.8) is 0 Å². The molecular weight excluding hydrogens is 422 g/mol. The van der Waals surface area contributed by atoms with Gasteiger partial charge in [-0.3, -0.25) is 0 Å². The fraction of sp³-hybridized carbons (Fsp3) is 0.143. The largest absolute Gasteiger partial charge is 0.489 e. The van der Waals surface area contributed by atoms with E-state index in [1.165, 1.54) is 0 Å². The zero-order valence-corrected chi connectivity index (χ0v) is 18.4. The molecule has 0 heterocycles. The number of fused-ring (bicyclic) bond motifs is 1. The number of alkyl halides is 2. The van der Waals surface area contributed by atoms with Gasteiger partial charge in [-0.15, -0.1) is 0 Å². The molecule has 0 radical (unpaired) electrons. The molecule has 0 saturated heterocycles. The van der Waals surface area contributed by atoms with Crippen molar-refractivity contribution in [3.05, 3.63) is 119 Å². The van der Waals surface area contributed by atoms with E-state index in [-0.39, 0.29) is 4.91 Å². The van der Waals surface area contributed by atoms with Gasteiger partial charge in [-0.25, -0.2) is 8.78 Å². The maximum absolute atomic E-state index is 13.6. The highest BCUT2D eigenvalue weighted by atomic mass is 32.2. The molecule has 0 N–H and O–H groups in total. The summed E-state index contributed by atoms with van der Waals surface area (Å²) in [6.45, 7) is 0.521. The lowest BCUT2D eigenvalue weighted by Crippen LogP contribution is -1.95. The van der Waals surface area contributed by atoms with Gasteiger partial charge in [0.15, 0.2) is 0 Å². The van der Waals surface area contributed by atoms with Gasteiger partial charge in [0.05, 0.1) is 4.91 Å². The van der Waals surface area contributed by atoms with Gasteiger partial charge in [-0.05, 0) is 59.0 Å². The van der Waals surface area contributed by atoms with Crippen LogP contribution in [0.3, 0.4) is 0 Å². The van der Waals surface area contributed by atoms with Crippen LogP contribution < -0.4 is 4.74 Å². The molecule has 4 rings (SSSR count). The van der Waals surface area contributed by atoms with Gasteiger partial charge in [-0.2, -0.15) is 0 Å². The summed E-state index contributed by atoms with van der Waals surface area (Å²) >= 11 is 1.14. The van der Waals surface area contributed by atoms with Gasteiger partial charge in [0, 0.05) is 4.90 Å². The maximum Gasteiger partial charge on any atom is 0.269 e.